The van der Waals surface area contributed by atoms with Gasteiger partial charge in [-0.2, -0.15) is 0 Å². The minimum absolute atomic E-state index is 0.0402. The monoisotopic (exact) mass is 371 g/mol. The third kappa shape index (κ3) is 5.02. The lowest BCUT2D eigenvalue weighted by atomic mass is 9.82. The van der Waals surface area contributed by atoms with Crippen molar-refractivity contribution in [2.45, 2.75) is 69.9 Å². The second-order valence-corrected chi connectivity index (χ2v) is 7.99. The van der Waals surface area contributed by atoms with Crippen molar-refractivity contribution in [1.29, 1.82) is 0 Å². The summed E-state index contributed by atoms with van der Waals surface area (Å²) in [5.74, 6) is 0.841. The molecule has 148 valence electrons. The molecule has 0 unspecified atom stereocenters. The number of likely N-dealkylation sites (tertiary alicyclic amines) is 1. The number of nitrogens with one attached hydrogen (secondary N) is 1. The average molecular weight is 372 g/mol. The van der Waals surface area contributed by atoms with Crippen LogP contribution in [0.15, 0.2) is 30.3 Å². The van der Waals surface area contributed by atoms with Crippen LogP contribution < -0.4 is 5.32 Å². The molecule has 1 saturated carbocycles. The number of hydrogen-bond donors (Lipinski definition) is 1. The molecule has 0 atom stereocenters. The first-order valence-electron chi connectivity index (χ1n) is 10.4. The minimum Gasteiger partial charge on any atom is -0.343 e. The first-order chi connectivity index (χ1) is 13.1. The summed E-state index contributed by atoms with van der Waals surface area (Å²) in [7, 11) is 1.90. The molecule has 27 heavy (non-hydrogen) atoms. The molecule has 0 spiro atoms. The molecule has 2 fully saturated rings. The molecule has 5 heteroatoms. The highest BCUT2D eigenvalue weighted by Gasteiger charge is 2.29. The van der Waals surface area contributed by atoms with Gasteiger partial charge in [-0.1, -0.05) is 37.3 Å². The molecule has 1 aliphatic carbocycles. The number of hydrogen-bond acceptors (Lipinski definition) is 2. The van der Waals surface area contributed by atoms with Crippen LogP contribution in [0.2, 0.25) is 0 Å². The Morgan fingerprint density at radius 3 is 2.26 bits per heavy atom. The molecule has 0 bridgehead atoms. The summed E-state index contributed by atoms with van der Waals surface area (Å²) >= 11 is 0. The molecule has 5 nitrogen and oxygen atoms in total. The van der Waals surface area contributed by atoms with Crippen molar-refractivity contribution in [2.75, 3.05) is 20.1 Å². The Morgan fingerprint density at radius 1 is 1.04 bits per heavy atom. The van der Waals surface area contributed by atoms with Crippen molar-refractivity contribution in [2.24, 2.45) is 0 Å². The van der Waals surface area contributed by atoms with Crippen molar-refractivity contribution in [3.05, 3.63) is 35.9 Å². The summed E-state index contributed by atoms with van der Waals surface area (Å²) in [6.07, 6.45) is 6.66. The molecule has 1 saturated heterocycles. The maximum absolute atomic E-state index is 12.7. The Labute approximate surface area is 163 Å². The first-order valence-corrected chi connectivity index (χ1v) is 10.4. The summed E-state index contributed by atoms with van der Waals surface area (Å²) in [6.45, 7) is 3.43. The quantitative estimate of drug-likeness (QED) is 0.876. The van der Waals surface area contributed by atoms with E-state index in [2.05, 4.69) is 35.6 Å². The van der Waals surface area contributed by atoms with Crippen molar-refractivity contribution in [1.82, 2.24) is 15.1 Å². The predicted octanol–water partition coefficient (Wildman–Crippen LogP) is 3.76. The molecular weight excluding hydrogens is 338 g/mol. The van der Waals surface area contributed by atoms with Crippen molar-refractivity contribution in [3.63, 3.8) is 0 Å². The second-order valence-electron chi connectivity index (χ2n) is 7.99. The Hall–Kier alpha value is -2.04. The van der Waals surface area contributed by atoms with Gasteiger partial charge in [0.25, 0.3) is 0 Å². The van der Waals surface area contributed by atoms with Crippen LogP contribution in [0.1, 0.15) is 63.4 Å². The van der Waals surface area contributed by atoms with Crippen LogP contribution in [0.3, 0.4) is 0 Å². The molecule has 1 aliphatic heterocycles. The zero-order valence-electron chi connectivity index (χ0n) is 16.7. The van der Waals surface area contributed by atoms with Crippen LogP contribution in [0, 0.1) is 0 Å². The minimum atomic E-state index is 0.0402. The number of benzene rings is 1. The maximum Gasteiger partial charge on any atom is 0.317 e. The maximum atomic E-state index is 12.7. The standard InChI is InChI=1S/C22H33N3O2/c1-3-21(26)25-15-13-20(14-16-25)24(2)22(27)23-19-11-9-18(10-12-19)17-7-5-4-6-8-17/h4-8,18-20H,3,9-16H2,1-2H3,(H,23,27)/t18-,19-. The van der Waals surface area contributed by atoms with Crippen molar-refractivity contribution in [3.8, 4) is 0 Å². The van der Waals surface area contributed by atoms with Gasteiger partial charge in [-0.25, -0.2) is 4.79 Å². The number of carbonyl (C=O) groups excluding carboxylic acids is 2. The van der Waals surface area contributed by atoms with Gasteiger partial charge in [0.1, 0.15) is 0 Å². The van der Waals surface area contributed by atoms with E-state index in [0.29, 0.717) is 12.3 Å². The SMILES string of the molecule is CCC(=O)N1CCC(N(C)C(=O)N[C@H]2CC[C@H](c3ccccc3)CC2)CC1. The largest absolute Gasteiger partial charge is 0.343 e. The van der Waals surface area contributed by atoms with Gasteiger partial charge in [0.2, 0.25) is 5.91 Å². The zero-order valence-corrected chi connectivity index (χ0v) is 16.7. The predicted molar refractivity (Wildman–Crippen MR) is 108 cm³/mol. The summed E-state index contributed by atoms with van der Waals surface area (Å²) in [5, 5.41) is 3.24. The summed E-state index contributed by atoms with van der Waals surface area (Å²) in [6, 6.07) is 11.3. The van der Waals surface area contributed by atoms with Gasteiger partial charge in [-0.05, 0) is 50.0 Å². The van der Waals surface area contributed by atoms with Gasteiger partial charge in [-0.15, -0.1) is 0 Å². The fourth-order valence-electron chi connectivity index (χ4n) is 4.46. The molecule has 1 heterocycles. The molecule has 0 aromatic heterocycles. The molecular formula is C22H33N3O2. The van der Waals surface area contributed by atoms with Gasteiger partial charge >= 0.3 is 6.03 Å². The van der Waals surface area contributed by atoms with Crippen LogP contribution in [0.25, 0.3) is 0 Å². The molecule has 1 aromatic rings. The lowest BCUT2D eigenvalue weighted by Crippen LogP contribution is -2.51. The first kappa shape index (κ1) is 19.7. The molecule has 3 rings (SSSR count). The Kier molecular flexibility index (Phi) is 6.75. The third-order valence-corrected chi connectivity index (χ3v) is 6.31. The fourth-order valence-corrected chi connectivity index (χ4v) is 4.46. The summed E-state index contributed by atoms with van der Waals surface area (Å²) < 4.78 is 0. The lowest BCUT2D eigenvalue weighted by Gasteiger charge is -2.38. The van der Waals surface area contributed by atoms with Gasteiger partial charge in [-0.3, -0.25) is 4.79 Å². The van der Waals surface area contributed by atoms with E-state index in [0.717, 1.165) is 51.6 Å². The summed E-state index contributed by atoms with van der Waals surface area (Å²) in [4.78, 5) is 28.3. The van der Waals surface area contributed by atoms with E-state index >= 15 is 0 Å². The van der Waals surface area contributed by atoms with E-state index in [4.69, 9.17) is 0 Å². The molecule has 1 N–H and O–H groups in total. The molecule has 1 aromatic carbocycles. The lowest BCUT2D eigenvalue weighted by molar-refractivity contribution is -0.132. The van der Waals surface area contributed by atoms with E-state index < -0.39 is 0 Å². The van der Waals surface area contributed by atoms with Crippen LogP contribution in [0.5, 0.6) is 0 Å². The average Bonchev–Trinajstić information content (AvgIpc) is 2.74. The number of carbonyl (C=O) groups is 2. The number of nitrogens with zero attached hydrogens (tertiary/aromatic N) is 2. The van der Waals surface area contributed by atoms with Crippen molar-refractivity contribution >= 4 is 11.9 Å². The van der Waals surface area contributed by atoms with Gasteiger partial charge in [0, 0.05) is 38.6 Å². The van der Waals surface area contributed by atoms with Crippen LogP contribution in [-0.2, 0) is 4.79 Å². The van der Waals surface area contributed by atoms with E-state index in [1.807, 2.05) is 23.8 Å². The Balaban J connectivity index is 1.42. The fraction of sp³-hybridized carbons (Fsp3) is 0.636. The van der Waals surface area contributed by atoms with E-state index in [1.54, 1.807) is 0 Å². The molecule has 0 radical (unpaired) electrons. The Morgan fingerprint density at radius 2 is 1.67 bits per heavy atom. The zero-order chi connectivity index (χ0) is 19.2. The number of amides is 3. The summed E-state index contributed by atoms with van der Waals surface area (Å²) in [5.41, 5.74) is 1.42. The highest BCUT2D eigenvalue weighted by molar-refractivity contribution is 5.76. The topological polar surface area (TPSA) is 52.7 Å². The Bertz CT molecular complexity index is 618. The van der Waals surface area contributed by atoms with E-state index in [9.17, 15) is 9.59 Å². The van der Waals surface area contributed by atoms with Crippen molar-refractivity contribution < 1.29 is 9.59 Å². The van der Waals surface area contributed by atoms with Gasteiger partial charge < -0.3 is 15.1 Å². The molecule has 3 amide bonds. The normalized spacial score (nSPS) is 23.7. The number of rotatable bonds is 4. The highest BCUT2D eigenvalue weighted by atomic mass is 16.2. The van der Waals surface area contributed by atoms with E-state index in [1.165, 1.54) is 5.56 Å². The smallest absolute Gasteiger partial charge is 0.317 e. The number of urea groups is 1. The molecule has 2 aliphatic rings. The van der Waals surface area contributed by atoms with Crippen LogP contribution >= 0.6 is 0 Å². The third-order valence-electron chi connectivity index (χ3n) is 6.31. The van der Waals surface area contributed by atoms with Gasteiger partial charge in [0.05, 0.1) is 0 Å². The number of piperidine rings is 1. The van der Waals surface area contributed by atoms with Crippen LogP contribution in [0.4, 0.5) is 4.79 Å². The van der Waals surface area contributed by atoms with Crippen LogP contribution in [-0.4, -0.2) is 54.0 Å². The van der Waals surface area contributed by atoms with E-state index in [-0.39, 0.29) is 24.0 Å². The second kappa shape index (κ2) is 9.25. The highest BCUT2D eigenvalue weighted by Crippen LogP contribution is 2.32. The van der Waals surface area contributed by atoms with Gasteiger partial charge in [0.15, 0.2) is 0 Å².